The van der Waals surface area contributed by atoms with Gasteiger partial charge in [-0.1, -0.05) is 30.3 Å². The van der Waals surface area contributed by atoms with E-state index in [4.69, 9.17) is 10.2 Å². The Balaban J connectivity index is 1.86. The van der Waals surface area contributed by atoms with Gasteiger partial charge >= 0.3 is 5.69 Å². The molecule has 168 valence electrons. The van der Waals surface area contributed by atoms with Gasteiger partial charge in [0.25, 0.3) is 11.5 Å². The minimum Gasteiger partial charge on any atom is -0.467 e. The highest BCUT2D eigenvalue weighted by molar-refractivity contribution is 7.98. The summed E-state index contributed by atoms with van der Waals surface area (Å²) in [5.74, 6) is -0.175. The Morgan fingerprint density at radius 2 is 1.94 bits per heavy atom. The van der Waals surface area contributed by atoms with Crippen molar-refractivity contribution in [2.75, 3.05) is 16.9 Å². The minimum atomic E-state index is -0.767. The first-order valence-corrected chi connectivity index (χ1v) is 11.2. The largest absolute Gasteiger partial charge is 0.467 e. The molecule has 0 aliphatic carbocycles. The first-order chi connectivity index (χ1) is 16.0. The summed E-state index contributed by atoms with van der Waals surface area (Å²) >= 11 is 1.31. The van der Waals surface area contributed by atoms with Crippen molar-refractivity contribution in [1.82, 2.24) is 14.5 Å². The molecule has 1 amide bonds. The molecular formula is C23H21N5O4S. The first kappa shape index (κ1) is 22.2. The molecule has 1 aromatic carbocycles. The van der Waals surface area contributed by atoms with Crippen molar-refractivity contribution in [3.05, 3.63) is 105 Å². The third-order valence-corrected chi connectivity index (χ3v) is 5.71. The predicted molar refractivity (Wildman–Crippen MR) is 127 cm³/mol. The van der Waals surface area contributed by atoms with Gasteiger partial charge in [-0.15, -0.1) is 11.8 Å². The number of nitrogen functional groups attached to an aromatic ring is 1. The quantitative estimate of drug-likeness (QED) is 0.403. The van der Waals surface area contributed by atoms with Crippen LogP contribution in [-0.2, 0) is 13.1 Å². The molecule has 3 aromatic heterocycles. The molecule has 0 spiro atoms. The molecule has 0 aliphatic heterocycles. The number of aromatic nitrogens is 3. The number of nitrogens with zero attached hydrogens (tertiary/aromatic N) is 3. The second-order valence-electron chi connectivity index (χ2n) is 7.10. The monoisotopic (exact) mass is 463 g/mol. The lowest BCUT2D eigenvalue weighted by molar-refractivity contribution is 0.0979. The fourth-order valence-corrected chi connectivity index (χ4v) is 3.98. The van der Waals surface area contributed by atoms with Crippen LogP contribution in [0.3, 0.4) is 0 Å². The van der Waals surface area contributed by atoms with Gasteiger partial charge in [0.05, 0.1) is 24.9 Å². The minimum absolute atomic E-state index is 0.0641. The second-order valence-corrected chi connectivity index (χ2v) is 7.89. The molecule has 0 radical (unpaired) electrons. The van der Waals surface area contributed by atoms with E-state index in [0.29, 0.717) is 16.3 Å². The average Bonchev–Trinajstić information content (AvgIpc) is 3.34. The Labute approximate surface area is 192 Å². The second kappa shape index (κ2) is 9.61. The zero-order valence-corrected chi connectivity index (χ0v) is 18.5. The van der Waals surface area contributed by atoms with Crippen molar-refractivity contribution >= 4 is 29.2 Å². The molecule has 9 nitrogen and oxygen atoms in total. The van der Waals surface area contributed by atoms with Crippen LogP contribution in [0.15, 0.2) is 86.1 Å². The number of anilines is 2. The van der Waals surface area contributed by atoms with E-state index in [-0.39, 0.29) is 24.6 Å². The highest BCUT2D eigenvalue weighted by Crippen LogP contribution is 2.26. The molecule has 0 unspecified atom stereocenters. The van der Waals surface area contributed by atoms with Gasteiger partial charge in [-0.3, -0.25) is 24.0 Å². The topological polar surface area (TPSA) is 127 Å². The average molecular weight is 464 g/mol. The lowest BCUT2D eigenvalue weighted by Crippen LogP contribution is -2.41. The van der Waals surface area contributed by atoms with Gasteiger partial charge in [-0.2, -0.15) is 0 Å². The number of carbonyl (C=O) groups is 1. The van der Waals surface area contributed by atoms with Crippen LogP contribution in [-0.4, -0.2) is 26.7 Å². The standard InChI is InChI=1S/C23H21N5O4S/c1-33-21-17(10-5-11-25-21)22(30)27(14-16-9-6-12-32-16)18-19(24)28(23(31)26-20(18)29)13-15-7-3-2-4-8-15/h2-12H,13-14,24H2,1H3,(H,26,29,31). The summed E-state index contributed by atoms with van der Waals surface area (Å²) in [7, 11) is 0. The summed E-state index contributed by atoms with van der Waals surface area (Å²) < 4.78 is 6.65. The Kier molecular flexibility index (Phi) is 6.45. The van der Waals surface area contributed by atoms with Crippen molar-refractivity contribution in [2.45, 2.75) is 18.1 Å². The molecule has 10 heteroatoms. The maximum absolute atomic E-state index is 13.6. The summed E-state index contributed by atoms with van der Waals surface area (Å²) in [6.45, 7) is 0.0619. The summed E-state index contributed by atoms with van der Waals surface area (Å²) in [5.41, 5.74) is 5.89. The summed E-state index contributed by atoms with van der Waals surface area (Å²) in [5, 5.41) is 0.500. The van der Waals surface area contributed by atoms with Crippen LogP contribution in [0, 0.1) is 0 Å². The van der Waals surface area contributed by atoms with E-state index in [0.717, 1.165) is 5.56 Å². The third kappa shape index (κ3) is 4.60. The van der Waals surface area contributed by atoms with Gasteiger partial charge in [0.15, 0.2) is 5.69 Å². The number of H-pyrrole nitrogens is 1. The van der Waals surface area contributed by atoms with Gasteiger partial charge in [0.2, 0.25) is 0 Å². The van der Waals surface area contributed by atoms with Crippen molar-refractivity contribution < 1.29 is 9.21 Å². The number of furan rings is 1. The first-order valence-electron chi connectivity index (χ1n) is 9.99. The van der Waals surface area contributed by atoms with E-state index in [1.165, 1.54) is 27.5 Å². The number of rotatable bonds is 7. The number of carbonyl (C=O) groups excluding carboxylic acids is 1. The van der Waals surface area contributed by atoms with Gasteiger partial charge in [0.1, 0.15) is 16.6 Å². The van der Waals surface area contributed by atoms with E-state index in [1.807, 2.05) is 30.3 Å². The summed E-state index contributed by atoms with van der Waals surface area (Å²) in [4.78, 5) is 46.9. The Morgan fingerprint density at radius 1 is 1.15 bits per heavy atom. The number of aromatic amines is 1. The summed E-state index contributed by atoms with van der Waals surface area (Å²) in [6, 6.07) is 15.8. The third-order valence-electron chi connectivity index (χ3n) is 5.00. The lowest BCUT2D eigenvalue weighted by atomic mass is 10.2. The molecule has 0 aliphatic rings. The van der Waals surface area contributed by atoms with Crippen LogP contribution >= 0.6 is 11.8 Å². The highest BCUT2D eigenvalue weighted by Gasteiger charge is 2.28. The maximum atomic E-state index is 13.6. The molecule has 4 rings (SSSR count). The van der Waals surface area contributed by atoms with E-state index in [9.17, 15) is 14.4 Å². The normalized spacial score (nSPS) is 10.8. The van der Waals surface area contributed by atoms with Crippen LogP contribution in [0.5, 0.6) is 0 Å². The van der Waals surface area contributed by atoms with Gasteiger partial charge < -0.3 is 10.2 Å². The van der Waals surface area contributed by atoms with E-state index >= 15 is 0 Å². The molecule has 0 atom stereocenters. The number of thioether (sulfide) groups is 1. The lowest BCUT2D eigenvalue weighted by Gasteiger charge is -2.24. The van der Waals surface area contributed by atoms with Crippen molar-refractivity contribution in [2.24, 2.45) is 0 Å². The number of hydrogen-bond donors (Lipinski definition) is 2. The SMILES string of the molecule is CSc1ncccc1C(=O)N(Cc1ccco1)c1c(N)n(Cc2ccccc2)c(=O)[nH]c1=O. The molecule has 3 heterocycles. The fraction of sp³-hybridized carbons (Fsp3) is 0.130. The van der Waals surface area contributed by atoms with Crippen molar-refractivity contribution in [1.29, 1.82) is 0 Å². The van der Waals surface area contributed by atoms with E-state index in [1.54, 1.807) is 36.7 Å². The Bertz CT molecular complexity index is 1380. The summed E-state index contributed by atoms with van der Waals surface area (Å²) in [6.07, 6.45) is 4.86. The molecule has 0 saturated carbocycles. The zero-order valence-electron chi connectivity index (χ0n) is 17.7. The molecule has 33 heavy (non-hydrogen) atoms. The van der Waals surface area contributed by atoms with Crippen LogP contribution in [0.1, 0.15) is 21.7 Å². The number of nitrogens with two attached hydrogens (primary N) is 1. The number of pyridine rings is 1. The zero-order chi connectivity index (χ0) is 23.4. The highest BCUT2D eigenvalue weighted by atomic mass is 32.2. The van der Waals surface area contributed by atoms with Crippen LogP contribution in [0.25, 0.3) is 0 Å². The molecule has 0 bridgehead atoms. The van der Waals surface area contributed by atoms with Crippen LogP contribution in [0.4, 0.5) is 11.5 Å². The molecule has 0 fully saturated rings. The van der Waals surface area contributed by atoms with Gasteiger partial charge in [0, 0.05) is 6.20 Å². The maximum Gasteiger partial charge on any atom is 0.330 e. The van der Waals surface area contributed by atoms with Crippen LogP contribution < -0.4 is 21.9 Å². The van der Waals surface area contributed by atoms with Crippen LogP contribution in [0.2, 0.25) is 0 Å². The van der Waals surface area contributed by atoms with E-state index in [2.05, 4.69) is 9.97 Å². The van der Waals surface area contributed by atoms with Crippen molar-refractivity contribution in [3.8, 4) is 0 Å². The van der Waals surface area contributed by atoms with Gasteiger partial charge in [-0.25, -0.2) is 9.78 Å². The number of amides is 1. The van der Waals surface area contributed by atoms with Crippen molar-refractivity contribution in [3.63, 3.8) is 0 Å². The molecule has 0 saturated heterocycles. The molecule has 3 N–H and O–H groups in total. The number of benzene rings is 1. The number of hydrogen-bond acceptors (Lipinski definition) is 7. The molecule has 4 aromatic rings. The Morgan fingerprint density at radius 3 is 2.64 bits per heavy atom. The Hall–Kier alpha value is -4.05. The molecular weight excluding hydrogens is 442 g/mol. The number of nitrogens with one attached hydrogen (secondary N) is 1. The van der Waals surface area contributed by atoms with Gasteiger partial charge in [-0.05, 0) is 36.1 Å². The van der Waals surface area contributed by atoms with E-state index < -0.39 is 17.2 Å². The fourth-order valence-electron chi connectivity index (χ4n) is 3.43. The smallest absolute Gasteiger partial charge is 0.330 e. The predicted octanol–water partition coefficient (Wildman–Crippen LogP) is 2.72.